The van der Waals surface area contributed by atoms with E-state index in [0.717, 1.165) is 28.1 Å². The molecule has 31 heavy (non-hydrogen) atoms. The van der Waals surface area contributed by atoms with Gasteiger partial charge in [0.25, 0.3) is 0 Å². The second-order valence-electron chi connectivity index (χ2n) is 7.52. The third-order valence-corrected chi connectivity index (χ3v) is 7.46. The second kappa shape index (κ2) is 9.18. The Kier molecular flexibility index (Phi) is 6.98. The molecule has 0 N–H and O–H groups in total. The maximum atomic E-state index is 12.9. The number of amides is 1. The molecule has 0 bridgehead atoms. The van der Waals surface area contributed by atoms with E-state index < -0.39 is 26.7 Å². The minimum atomic E-state index is -4.63. The number of halogens is 4. The van der Waals surface area contributed by atoms with Crippen LogP contribution in [-0.2, 0) is 27.5 Å². The number of hydrogen-bond acceptors (Lipinski definition) is 3. The number of piperidine rings is 1. The van der Waals surface area contributed by atoms with Crippen LogP contribution in [0.25, 0.3) is 0 Å². The van der Waals surface area contributed by atoms with Gasteiger partial charge in [-0.05, 0) is 48.7 Å². The van der Waals surface area contributed by atoms with Crippen molar-refractivity contribution in [3.8, 4) is 0 Å². The van der Waals surface area contributed by atoms with Crippen molar-refractivity contribution < 1.29 is 26.4 Å². The summed E-state index contributed by atoms with van der Waals surface area (Å²) in [5.74, 6) is -0.434. The first-order valence-corrected chi connectivity index (χ1v) is 11.5. The molecular formula is C21H22ClF3N2O3S. The molecule has 2 aromatic carbocycles. The van der Waals surface area contributed by atoms with Gasteiger partial charge in [0.2, 0.25) is 15.9 Å². The zero-order valence-corrected chi connectivity index (χ0v) is 18.3. The van der Waals surface area contributed by atoms with Crippen LogP contribution in [0.5, 0.6) is 0 Å². The van der Waals surface area contributed by atoms with Crippen molar-refractivity contribution in [3.63, 3.8) is 0 Å². The number of rotatable bonds is 5. The second-order valence-corrected chi connectivity index (χ2v) is 9.90. The number of alkyl halides is 3. The predicted octanol–water partition coefficient (Wildman–Crippen LogP) is 4.42. The lowest BCUT2D eigenvalue weighted by molar-refractivity contribution is -0.138. The lowest BCUT2D eigenvalue weighted by Crippen LogP contribution is -2.43. The SMILES string of the molecule is CN(Cc1ccc(Cl)cc1)C(=O)C1CCN(S(=O)(=O)c2cccc(C(F)(F)F)c2)CC1. The van der Waals surface area contributed by atoms with Gasteiger partial charge in [-0.25, -0.2) is 8.42 Å². The molecule has 1 aliphatic rings. The number of hydrogen-bond donors (Lipinski definition) is 0. The molecule has 0 saturated carbocycles. The predicted molar refractivity (Wildman–Crippen MR) is 111 cm³/mol. The summed E-state index contributed by atoms with van der Waals surface area (Å²) in [6, 6.07) is 10.9. The fourth-order valence-corrected chi connectivity index (χ4v) is 5.22. The molecule has 5 nitrogen and oxygen atoms in total. The van der Waals surface area contributed by atoms with E-state index in [9.17, 15) is 26.4 Å². The molecule has 1 amide bonds. The Morgan fingerprint density at radius 2 is 1.74 bits per heavy atom. The summed E-state index contributed by atoms with van der Waals surface area (Å²) < 4.78 is 65.5. The third kappa shape index (κ3) is 5.58. The quantitative estimate of drug-likeness (QED) is 0.644. The highest BCUT2D eigenvalue weighted by Gasteiger charge is 2.35. The molecule has 0 unspecified atom stereocenters. The molecule has 0 spiro atoms. The first kappa shape index (κ1) is 23.6. The van der Waals surface area contributed by atoms with E-state index in [1.165, 1.54) is 0 Å². The molecular weight excluding hydrogens is 453 g/mol. The molecule has 168 valence electrons. The number of sulfonamides is 1. The van der Waals surface area contributed by atoms with Crippen LogP contribution in [0.3, 0.4) is 0 Å². The third-order valence-electron chi connectivity index (χ3n) is 5.31. The van der Waals surface area contributed by atoms with Gasteiger partial charge in [-0.2, -0.15) is 17.5 Å². The van der Waals surface area contributed by atoms with E-state index in [1.807, 2.05) is 12.1 Å². The first-order valence-electron chi connectivity index (χ1n) is 9.65. The van der Waals surface area contributed by atoms with Gasteiger partial charge < -0.3 is 4.90 Å². The molecule has 10 heteroatoms. The number of nitrogens with zero attached hydrogens (tertiary/aromatic N) is 2. The summed E-state index contributed by atoms with van der Waals surface area (Å²) in [5.41, 5.74) is -0.0905. The van der Waals surface area contributed by atoms with Crippen LogP contribution in [0, 0.1) is 5.92 Å². The van der Waals surface area contributed by atoms with Crippen LogP contribution < -0.4 is 0 Å². The van der Waals surface area contributed by atoms with Crippen molar-refractivity contribution in [2.75, 3.05) is 20.1 Å². The first-order chi connectivity index (χ1) is 14.5. The van der Waals surface area contributed by atoms with Gasteiger partial charge in [-0.15, -0.1) is 0 Å². The summed E-state index contributed by atoms with van der Waals surface area (Å²) >= 11 is 5.87. The van der Waals surface area contributed by atoms with Crippen molar-refractivity contribution in [2.24, 2.45) is 5.92 Å². The van der Waals surface area contributed by atoms with E-state index in [-0.39, 0.29) is 24.9 Å². The lowest BCUT2D eigenvalue weighted by Gasteiger charge is -2.32. The standard InChI is InChI=1S/C21H22ClF3N2O3S/c1-26(14-15-5-7-18(22)8-6-15)20(28)16-9-11-27(12-10-16)31(29,30)19-4-2-3-17(13-19)21(23,24)25/h2-8,13,16H,9-12,14H2,1H3. The zero-order chi connectivity index (χ0) is 22.8. The highest BCUT2D eigenvalue weighted by atomic mass is 35.5. The summed E-state index contributed by atoms with van der Waals surface area (Å²) in [4.78, 5) is 13.9. The van der Waals surface area contributed by atoms with Crippen LogP contribution >= 0.6 is 11.6 Å². The Bertz CT molecular complexity index is 1030. The van der Waals surface area contributed by atoms with Crippen molar-refractivity contribution in [3.05, 3.63) is 64.7 Å². The maximum Gasteiger partial charge on any atom is 0.416 e. The molecule has 2 aromatic rings. The average molecular weight is 475 g/mol. The minimum absolute atomic E-state index is 0.0732. The molecule has 1 aliphatic heterocycles. The monoisotopic (exact) mass is 474 g/mol. The molecule has 1 fully saturated rings. The van der Waals surface area contributed by atoms with Crippen LogP contribution in [0.1, 0.15) is 24.0 Å². The Morgan fingerprint density at radius 3 is 2.32 bits per heavy atom. The smallest absolute Gasteiger partial charge is 0.341 e. The summed E-state index contributed by atoms with van der Waals surface area (Å²) in [6.45, 7) is 0.548. The number of carbonyl (C=O) groups excluding carboxylic acids is 1. The van der Waals surface area contributed by atoms with Crippen molar-refractivity contribution in [1.82, 2.24) is 9.21 Å². The van der Waals surface area contributed by atoms with Gasteiger partial charge in [-0.3, -0.25) is 4.79 Å². The molecule has 0 atom stereocenters. The van der Waals surface area contributed by atoms with Crippen LogP contribution in [0.2, 0.25) is 5.02 Å². The molecule has 0 aromatic heterocycles. The fourth-order valence-electron chi connectivity index (χ4n) is 3.58. The van der Waals surface area contributed by atoms with E-state index in [1.54, 1.807) is 24.1 Å². The summed E-state index contributed by atoms with van der Waals surface area (Å²) in [5, 5.41) is 0.604. The van der Waals surface area contributed by atoms with Crippen molar-refractivity contribution >= 4 is 27.5 Å². The Balaban J connectivity index is 1.63. The fraction of sp³-hybridized carbons (Fsp3) is 0.381. The molecule has 1 saturated heterocycles. The van der Waals surface area contributed by atoms with Gasteiger partial charge in [0.05, 0.1) is 10.5 Å². The van der Waals surface area contributed by atoms with Gasteiger partial charge in [0, 0.05) is 37.6 Å². The van der Waals surface area contributed by atoms with E-state index in [2.05, 4.69) is 0 Å². The van der Waals surface area contributed by atoms with Crippen molar-refractivity contribution in [1.29, 1.82) is 0 Å². The number of carbonyl (C=O) groups is 1. The highest BCUT2D eigenvalue weighted by Crippen LogP contribution is 2.32. The van der Waals surface area contributed by atoms with E-state index >= 15 is 0 Å². The van der Waals surface area contributed by atoms with Crippen molar-refractivity contribution in [2.45, 2.75) is 30.5 Å². The lowest BCUT2D eigenvalue weighted by atomic mass is 9.96. The van der Waals surface area contributed by atoms with Crippen LogP contribution in [0.15, 0.2) is 53.4 Å². The Hall–Kier alpha value is -2.10. The van der Waals surface area contributed by atoms with E-state index in [0.29, 0.717) is 30.5 Å². The largest absolute Gasteiger partial charge is 0.416 e. The highest BCUT2D eigenvalue weighted by molar-refractivity contribution is 7.89. The average Bonchev–Trinajstić information content (AvgIpc) is 2.74. The maximum absolute atomic E-state index is 12.9. The summed E-state index contributed by atoms with van der Waals surface area (Å²) in [6.07, 6.45) is -4.01. The van der Waals surface area contributed by atoms with Crippen LogP contribution in [-0.4, -0.2) is 43.7 Å². The minimum Gasteiger partial charge on any atom is -0.341 e. The van der Waals surface area contributed by atoms with E-state index in [4.69, 9.17) is 11.6 Å². The van der Waals surface area contributed by atoms with Gasteiger partial charge in [-0.1, -0.05) is 29.8 Å². The topological polar surface area (TPSA) is 57.7 Å². The van der Waals surface area contributed by atoms with Gasteiger partial charge in [0.1, 0.15) is 0 Å². The summed E-state index contributed by atoms with van der Waals surface area (Å²) in [7, 11) is -2.39. The Morgan fingerprint density at radius 1 is 1.13 bits per heavy atom. The molecule has 0 radical (unpaired) electrons. The number of benzene rings is 2. The normalized spacial score (nSPS) is 16.3. The molecule has 3 rings (SSSR count). The molecule has 0 aliphatic carbocycles. The van der Waals surface area contributed by atoms with Gasteiger partial charge >= 0.3 is 6.18 Å². The molecule has 1 heterocycles. The van der Waals surface area contributed by atoms with Gasteiger partial charge in [0.15, 0.2) is 0 Å². The van der Waals surface area contributed by atoms with Crippen LogP contribution in [0.4, 0.5) is 13.2 Å². The zero-order valence-electron chi connectivity index (χ0n) is 16.8. The Labute approximate surface area is 184 Å².